The van der Waals surface area contributed by atoms with Crippen LogP contribution in [0.1, 0.15) is 22.7 Å². The fourth-order valence-corrected chi connectivity index (χ4v) is 2.66. The van der Waals surface area contributed by atoms with Gasteiger partial charge in [-0.05, 0) is 29.7 Å². The molecule has 2 aromatic rings. The average molecular weight is 283 g/mol. The van der Waals surface area contributed by atoms with E-state index in [1.165, 1.54) is 0 Å². The number of hydrogen-bond donors (Lipinski definition) is 3. The Hall–Kier alpha value is -2.40. The normalized spacial score (nSPS) is 19.9. The number of rotatable bonds is 2. The summed E-state index contributed by atoms with van der Waals surface area (Å²) in [6.07, 6.45) is 3.29. The minimum Gasteiger partial charge on any atom is -0.390 e. The van der Waals surface area contributed by atoms with Gasteiger partial charge < -0.3 is 15.7 Å². The Kier molecular flexibility index (Phi) is 3.58. The Morgan fingerprint density at radius 3 is 2.95 bits per heavy atom. The Morgan fingerprint density at radius 1 is 1.33 bits per heavy atom. The van der Waals surface area contributed by atoms with Crippen molar-refractivity contribution in [2.45, 2.75) is 25.5 Å². The fraction of sp³-hybridized carbons (Fsp3) is 0.250. The lowest BCUT2D eigenvalue weighted by Crippen LogP contribution is -2.36. The van der Waals surface area contributed by atoms with Gasteiger partial charge in [0.25, 0.3) is 0 Å². The number of fused-ring (bicyclic) bond motifs is 1. The van der Waals surface area contributed by atoms with E-state index in [9.17, 15) is 9.90 Å². The molecule has 3 N–H and O–H groups in total. The van der Waals surface area contributed by atoms with Crippen molar-refractivity contribution in [3.8, 4) is 0 Å². The molecule has 108 valence electrons. The number of amides is 2. The van der Waals surface area contributed by atoms with Crippen LogP contribution in [0.3, 0.4) is 0 Å². The molecular formula is C16H17N3O2. The molecule has 0 spiro atoms. The van der Waals surface area contributed by atoms with E-state index in [4.69, 9.17) is 0 Å². The highest BCUT2D eigenvalue weighted by atomic mass is 16.3. The second-order valence-corrected chi connectivity index (χ2v) is 5.24. The molecule has 1 aromatic heterocycles. The molecule has 0 unspecified atom stereocenters. The molecule has 1 heterocycles. The highest BCUT2D eigenvalue weighted by molar-refractivity contribution is 5.90. The fourth-order valence-electron chi connectivity index (χ4n) is 2.66. The SMILES string of the molecule is Cc1cnccc1NC(=O)N[C@@H]1c2ccccc2C[C@@H]1O. The van der Waals surface area contributed by atoms with Crippen LogP contribution in [-0.4, -0.2) is 22.2 Å². The predicted molar refractivity (Wildman–Crippen MR) is 80.0 cm³/mol. The summed E-state index contributed by atoms with van der Waals surface area (Å²) < 4.78 is 0. The summed E-state index contributed by atoms with van der Waals surface area (Å²) in [6, 6.07) is 8.81. The maximum atomic E-state index is 12.1. The van der Waals surface area contributed by atoms with E-state index in [0.717, 1.165) is 16.7 Å². The van der Waals surface area contributed by atoms with Crippen molar-refractivity contribution in [3.05, 3.63) is 59.4 Å². The van der Waals surface area contributed by atoms with Crippen LogP contribution in [0.2, 0.25) is 0 Å². The molecule has 0 aliphatic heterocycles. The number of benzene rings is 1. The molecule has 3 rings (SSSR count). The van der Waals surface area contributed by atoms with E-state index < -0.39 is 6.10 Å². The molecule has 5 nitrogen and oxygen atoms in total. The molecule has 1 aliphatic rings. The monoisotopic (exact) mass is 283 g/mol. The van der Waals surface area contributed by atoms with Gasteiger partial charge in [-0.3, -0.25) is 4.98 Å². The first-order valence-corrected chi connectivity index (χ1v) is 6.89. The van der Waals surface area contributed by atoms with Crippen LogP contribution >= 0.6 is 0 Å². The number of pyridine rings is 1. The maximum absolute atomic E-state index is 12.1. The number of carbonyl (C=O) groups excluding carboxylic acids is 1. The molecule has 1 aliphatic carbocycles. The third-order valence-electron chi connectivity index (χ3n) is 3.76. The molecule has 0 fully saturated rings. The Labute approximate surface area is 123 Å². The quantitative estimate of drug-likeness (QED) is 0.790. The van der Waals surface area contributed by atoms with E-state index in [2.05, 4.69) is 15.6 Å². The van der Waals surface area contributed by atoms with E-state index in [-0.39, 0.29) is 12.1 Å². The minimum atomic E-state index is -0.591. The summed E-state index contributed by atoms with van der Waals surface area (Å²) in [4.78, 5) is 16.1. The second-order valence-electron chi connectivity index (χ2n) is 5.24. The van der Waals surface area contributed by atoms with Gasteiger partial charge in [-0.1, -0.05) is 24.3 Å². The molecule has 2 atom stereocenters. The van der Waals surface area contributed by atoms with Crippen LogP contribution in [0, 0.1) is 6.92 Å². The number of nitrogens with zero attached hydrogens (tertiary/aromatic N) is 1. The van der Waals surface area contributed by atoms with Crippen molar-refractivity contribution in [1.82, 2.24) is 10.3 Å². The van der Waals surface area contributed by atoms with E-state index in [1.54, 1.807) is 18.5 Å². The third kappa shape index (κ3) is 2.73. The number of aromatic nitrogens is 1. The zero-order valence-corrected chi connectivity index (χ0v) is 11.7. The lowest BCUT2D eigenvalue weighted by Gasteiger charge is -2.18. The summed E-state index contributed by atoms with van der Waals surface area (Å²) in [5, 5.41) is 15.8. The molecule has 0 saturated heterocycles. The summed E-state index contributed by atoms with van der Waals surface area (Å²) in [6.45, 7) is 1.88. The van der Waals surface area contributed by atoms with Gasteiger partial charge in [0.05, 0.1) is 12.1 Å². The maximum Gasteiger partial charge on any atom is 0.319 e. The van der Waals surface area contributed by atoms with Crippen molar-refractivity contribution in [2.24, 2.45) is 0 Å². The highest BCUT2D eigenvalue weighted by Gasteiger charge is 2.31. The molecule has 0 saturated carbocycles. The first-order chi connectivity index (χ1) is 10.1. The van der Waals surface area contributed by atoms with Crippen molar-refractivity contribution in [3.63, 3.8) is 0 Å². The summed E-state index contributed by atoms with van der Waals surface area (Å²) >= 11 is 0. The molecule has 0 bridgehead atoms. The van der Waals surface area contributed by atoms with Crippen LogP contribution in [0.15, 0.2) is 42.7 Å². The van der Waals surface area contributed by atoms with Crippen LogP contribution in [-0.2, 0) is 6.42 Å². The first-order valence-electron chi connectivity index (χ1n) is 6.89. The number of aryl methyl sites for hydroxylation is 1. The van der Waals surface area contributed by atoms with Gasteiger partial charge >= 0.3 is 6.03 Å². The lowest BCUT2D eigenvalue weighted by atomic mass is 10.1. The van der Waals surface area contributed by atoms with Gasteiger partial charge in [0.2, 0.25) is 0 Å². The van der Waals surface area contributed by atoms with Crippen LogP contribution < -0.4 is 10.6 Å². The number of carbonyl (C=O) groups is 1. The largest absolute Gasteiger partial charge is 0.390 e. The Morgan fingerprint density at radius 2 is 2.14 bits per heavy atom. The number of aliphatic hydroxyl groups excluding tert-OH is 1. The van der Waals surface area contributed by atoms with Crippen LogP contribution in [0.4, 0.5) is 10.5 Å². The van der Waals surface area contributed by atoms with Gasteiger partial charge in [0.15, 0.2) is 0 Å². The number of hydrogen-bond acceptors (Lipinski definition) is 3. The number of anilines is 1. The van der Waals surface area contributed by atoms with Crippen molar-refractivity contribution in [1.29, 1.82) is 0 Å². The zero-order valence-electron chi connectivity index (χ0n) is 11.7. The Bertz CT molecular complexity index is 672. The predicted octanol–water partition coefficient (Wildman–Crippen LogP) is 2.17. The van der Waals surface area contributed by atoms with Gasteiger partial charge in [-0.25, -0.2) is 4.79 Å². The Balaban J connectivity index is 1.72. The molecule has 2 amide bonds. The average Bonchev–Trinajstić information content (AvgIpc) is 2.78. The van der Waals surface area contributed by atoms with E-state index in [1.807, 2.05) is 31.2 Å². The highest BCUT2D eigenvalue weighted by Crippen LogP contribution is 2.31. The zero-order chi connectivity index (χ0) is 14.8. The third-order valence-corrected chi connectivity index (χ3v) is 3.76. The second kappa shape index (κ2) is 5.54. The van der Waals surface area contributed by atoms with Crippen molar-refractivity contribution < 1.29 is 9.90 Å². The number of urea groups is 1. The summed E-state index contributed by atoms with van der Waals surface area (Å²) in [5.74, 6) is 0. The summed E-state index contributed by atoms with van der Waals surface area (Å²) in [5.41, 5.74) is 3.66. The van der Waals surface area contributed by atoms with Crippen molar-refractivity contribution >= 4 is 11.7 Å². The van der Waals surface area contributed by atoms with Gasteiger partial charge in [-0.15, -0.1) is 0 Å². The van der Waals surface area contributed by atoms with Gasteiger partial charge in [0, 0.05) is 24.5 Å². The van der Waals surface area contributed by atoms with Gasteiger partial charge in [0.1, 0.15) is 0 Å². The minimum absolute atomic E-state index is 0.329. The smallest absolute Gasteiger partial charge is 0.319 e. The number of nitrogens with one attached hydrogen (secondary N) is 2. The number of aliphatic hydroxyl groups is 1. The molecule has 21 heavy (non-hydrogen) atoms. The molecular weight excluding hydrogens is 266 g/mol. The lowest BCUT2D eigenvalue weighted by molar-refractivity contribution is 0.144. The molecule has 0 radical (unpaired) electrons. The van der Waals surface area contributed by atoms with E-state index in [0.29, 0.717) is 12.1 Å². The summed E-state index contributed by atoms with van der Waals surface area (Å²) in [7, 11) is 0. The topological polar surface area (TPSA) is 74.2 Å². The van der Waals surface area contributed by atoms with E-state index >= 15 is 0 Å². The van der Waals surface area contributed by atoms with Crippen LogP contribution in [0.25, 0.3) is 0 Å². The van der Waals surface area contributed by atoms with Crippen LogP contribution in [0.5, 0.6) is 0 Å². The molecule has 5 heteroatoms. The molecule has 1 aromatic carbocycles. The standard InChI is InChI=1S/C16H17N3O2/c1-10-9-17-7-6-13(10)18-16(21)19-15-12-5-3-2-4-11(12)8-14(15)20/h2-7,9,14-15,20H,8H2,1H3,(H2,17,18,19,21)/t14-,15+/m0/s1. The van der Waals surface area contributed by atoms with Gasteiger partial charge in [-0.2, -0.15) is 0 Å². The first kappa shape index (κ1) is 13.6. The van der Waals surface area contributed by atoms with Crippen molar-refractivity contribution in [2.75, 3.05) is 5.32 Å².